The Morgan fingerprint density at radius 3 is 2.08 bits per heavy atom. The molecule has 1 aliphatic heterocycles. The zero-order valence-electron chi connectivity index (χ0n) is 27.6. The second kappa shape index (κ2) is 9.74. The van der Waals surface area contributed by atoms with E-state index in [2.05, 4.69) is 181 Å². The van der Waals surface area contributed by atoms with Gasteiger partial charge in [0, 0.05) is 16.2 Å². The van der Waals surface area contributed by atoms with Gasteiger partial charge in [-0.2, -0.15) is 0 Å². The molecule has 1 aliphatic carbocycles. The molecule has 2 nitrogen and oxygen atoms in total. The van der Waals surface area contributed by atoms with Crippen LogP contribution in [0.2, 0.25) is 0 Å². The molecule has 0 bridgehead atoms. The number of nitrogens with zero attached hydrogens (tertiary/aromatic N) is 1. The average molecular weight is 648 g/mol. The van der Waals surface area contributed by atoms with E-state index >= 15 is 0 Å². The number of hydrogen-bond acceptors (Lipinski definition) is 1. The van der Waals surface area contributed by atoms with Gasteiger partial charge in [0.15, 0.2) is 0 Å². The van der Waals surface area contributed by atoms with Gasteiger partial charge in [0.25, 0.3) is 0 Å². The van der Waals surface area contributed by atoms with Gasteiger partial charge < -0.3 is 8.98 Å². The smallest absolute Gasteiger partial charge is 0.145 e. The minimum absolute atomic E-state index is 0.516. The highest BCUT2D eigenvalue weighted by atomic mass is 16.3. The van der Waals surface area contributed by atoms with Crippen molar-refractivity contribution >= 4 is 66.7 Å². The zero-order valence-corrected chi connectivity index (χ0v) is 27.6. The maximum atomic E-state index is 6.77. The molecule has 0 saturated heterocycles. The van der Waals surface area contributed by atoms with Crippen molar-refractivity contribution in [3.05, 3.63) is 197 Å². The van der Waals surface area contributed by atoms with Gasteiger partial charge in [-0.15, -0.1) is 0 Å². The fraction of sp³-hybridized carbons (Fsp3) is 0.0204. The minimum Gasteiger partial charge on any atom is -0.455 e. The number of hydrogen-bond donors (Lipinski definition) is 0. The van der Waals surface area contributed by atoms with Crippen molar-refractivity contribution in [2.45, 2.75) is 5.41 Å². The van der Waals surface area contributed by atoms with Crippen LogP contribution in [0.3, 0.4) is 0 Å². The van der Waals surface area contributed by atoms with E-state index in [4.69, 9.17) is 4.42 Å². The Labute approximate surface area is 294 Å². The van der Waals surface area contributed by atoms with Gasteiger partial charge in [-0.3, -0.25) is 0 Å². The molecule has 12 rings (SSSR count). The second-order valence-corrected chi connectivity index (χ2v) is 14.0. The van der Waals surface area contributed by atoms with Gasteiger partial charge in [0.2, 0.25) is 0 Å². The standard InChI is InChI=1S/C49H29NO/c1-2-12-33-27-30(23-25-32(33)11-1)21-22-31-24-26-40-37(28-31)34-13-3-6-16-39(34)49(40)41-17-7-9-19-44(41)50-43-18-8-4-15-36(43)46-47(50)42(49)29-38-35-14-5-10-20-45(35)51-48(38)46/h1-29H/b22-21-. The van der Waals surface area contributed by atoms with Crippen LogP contribution >= 0.6 is 0 Å². The molecular formula is C49H29NO. The Balaban J connectivity index is 1.18. The zero-order chi connectivity index (χ0) is 33.3. The molecule has 0 radical (unpaired) electrons. The molecule has 0 saturated carbocycles. The molecule has 0 amide bonds. The molecule has 10 aromatic rings. The fourth-order valence-electron chi connectivity index (χ4n) is 9.49. The molecule has 8 aromatic carbocycles. The first-order valence-corrected chi connectivity index (χ1v) is 17.7. The van der Waals surface area contributed by atoms with Crippen molar-refractivity contribution in [3.63, 3.8) is 0 Å². The predicted molar refractivity (Wildman–Crippen MR) is 212 cm³/mol. The molecule has 1 atom stereocenters. The van der Waals surface area contributed by atoms with Gasteiger partial charge in [-0.25, -0.2) is 0 Å². The molecule has 2 aliphatic rings. The highest BCUT2D eigenvalue weighted by molar-refractivity contribution is 6.26. The molecule has 2 heteroatoms. The molecule has 236 valence electrons. The quantitative estimate of drug-likeness (QED) is 0.171. The normalized spacial score (nSPS) is 15.8. The summed E-state index contributed by atoms with van der Waals surface area (Å²) in [5.41, 5.74) is 15.2. The van der Waals surface area contributed by atoms with Crippen molar-refractivity contribution in [1.29, 1.82) is 0 Å². The summed E-state index contributed by atoms with van der Waals surface area (Å²) >= 11 is 0. The third-order valence-corrected chi connectivity index (χ3v) is 11.5. The van der Waals surface area contributed by atoms with Crippen LogP contribution < -0.4 is 0 Å². The van der Waals surface area contributed by atoms with E-state index in [9.17, 15) is 0 Å². The number of para-hydroxylation sites is 3. The fourth-order valence-corrected chi connectivity index (χ4v) is 9.49. The van der Waals surface area contributed by atoms with E-state index < -0.39 is 5.41 Å². The Bertz CT molecular complexity index is 3150. The number of benzene rings is 8. The summed E-state index contributed by atoms with van der Waals surface area (Å²) in [6.45, 7) is 0. The van der Waals surface area contributed by atoms with Crippen molar-refractivity contribution in [2.24, 2.45) is 0 Å². The lowest BCUT2D eigenvalue weighted by molar-refractivity contribution is 0.672. The molecule has 1 spiro atoms. The maximum absolute atomic E-state index is 6.77. The van der Waals surface area contributed by atoms with Gasteiger partial charge in [0.1, 0.15) is 11.2 Å². The van der Waals surface area contributed by atoms with E-state index in [1.807, 2.05) is 0 Å². The molecule has 2 aromatic heterocycles. The highest BCUT2D eigenvalue weighted by Gasteiger charge is 2.51. The Morgan fingerprint density at radius 1 is 0.471 bits per heavy atom. The summed E-state index contributed by atoms with van der Waals surface area (Å²) in [6.07, 6.45) is 4.49. The Hall–Kier alpha value is -6.64. The van der Waals surface area contributed by atoms with Crippen LogP contribution in [0.1, 0.15) is 33.4 Å². The lowest BCUT2D eigenvalue weighted by Gasteiger charge is -2.39. The molecule has 3 heterocycles. The van der Waals surface area contributed by atoms with Crippen molar-refractivity contribution in [1.82, 2.24) is 4.57 Å². The van der Waals surface area contributed by atoms with E-state index in [1.165, 1.54) is 82.8 Å². The Kier molecular flexibility index (Phi) is 5.20. The summed E-state index contributed by atoms with van der Waals surface area (Å²) < 4.78 is 9.27. The monoisotopic (exact) mass is 647 g/mol. The maximum Gasteiger partial charge on any atom is 0.145 e. The number of furan rings is 1. The molecule has 51 heavy (non-hydrogen) atoms. The van der Waals surface area contributed by atoms with Crippen LogP contribution in [0.4, 0.5) is 0 Å². The van der Waals surface area contributed by atoms with Crippen LogP contribution in [0.15, 0.2) is 168 Å². The average Bonchev–Trinajstić information content (AvgIpc) is 3.83. The lowest BCUT2D eigenvalue weighted by atomic mass is 9.65. The third-order valence-electron chi connectivity index (χ3n) is 11.5. The van der Waals surface area contributed by atoms with E-state index in [0.717, 1.165) is 21.9 Å². The first kappa shape index (κ1) is 27.2. The Morgan fingerprint density at radius 2 is 1.16 bits per heavy atom. The summed E-state index contributed by atoms with van der Waals surface area (Å²) in [5.74, 6) is 0. The second-order valence-electron chi connectivity index (χ2n) is 14.0. The van der Waals surface area contributed by atoms with Crippen molar-refractivity contribution in [2.75, 3.05) is 0 Å². The summed E-state index contributed by atoms with van der Waals surface area (Å²) in [6, 6.07) is 60.2. The van der Waals surface area contributed by atoms with Crippen molar-refractivity contribution < 1.29 is 4.42 Å². The predicted octanol–water partition coefficient (Wildman–Crippen LogP) is 12.7. The topological polar surface area (TPSA) is 18.1 Å². The number of aromatic nitrogens is 1. The number of fused-ring (bicyclic) bond motifs is 17. The van der Waals surface area contributed by atoms with Gasteiger partial charge >= 0.3 is 0 Å². The SMILES string of the molecule is C(=C/c1ccc2ccccc2c1)/c1ccc2c(c1)-c1ccccc1C21c2ccccc2-n2c3ccccc3c3c4oc5ccccc5c4cc1c32. The minimum atomic E-state index is -0.516. The summed E-state index contributed by atoms with van der Waals surface area (Å²) in [7, 11) is 0. The largest absolute Gasteiger partial charge is 0.455 e. The molecule has 1 unspecified atom stereocenters. The van der Waals surface area contributed by atoms with Crippen LogP contribution in [0, 0.1) is 0 Å². The van der Waals surface area contributed by atoms with Gasteiger partial charge in [-0.05, 0) is 91.7 Å². The highest BCUT2D eigenvalue weighted by Crippen LogP contribution is 2.62. The van der Waals surface area contributed by atoms with Gasteiger partial charge in [-0.1, -0.05) is 140 Å². The number of rotatable bonds is 2. The summed E-state index contributed by atoms with van der Waals surface area (Å²) in [5, 5.41) is 7.23. The van der Waals surface area contributed by atoms with E-state index in [1.54, 1.807) is 0 Å². The summed E-state index contributed by atoms with van der Waals surface area (Å²) in [4.78, 5) is 0. The third kappa shape index (κ3) is 3.42. The van der Waals surface area contributed by atoms with Crippen LogP contribution in [-0.2, 0) is 5.41 Å². The first-order chi connectivity index (χ1) is 25.3. The first-order valence-electron chi connectivity index (χ1n) is 17.7. The molecule has 0 N–H and O–H groups in total. The van der Waals surface area contributed by atoms with Crippen molar-refractivity contribution in [3.8, 4) is 16.8 Å². The van der Waals surface area contributed by atoms with Crippen LogP contribution in [0.5, 0.6) is 0 Å². The van der Waals surface area contributed by atoms with E-state index in [0.29, 0.717) is 0 Å². The van der Waals surface area contributed by atoms with E-state index in [-0.39, 0.29) is 0 Å². The van der Waals surface area contributed by atoms with Crippen LogP contribution in [0.25, 0.3) is 83.5 Å². The van der Waals surface area contributed by atoms with Gasteiger partial charge in [0.05, 0.1) is 27.5 Å². The van der Waals surface area contributed by atoms with Crippen LogP contribution in [-0.4, -0.2) is 4.57 Å². The lowest BCUT2D eigenvalue weighted by Crippen LogP contribution is -2.33. The molecular weight excluding hydrogens is 619 g/mol. The molecule has 0 fully saturated rings.